The van der Waals surface area contributed by atoms with Gasteiger partial charge in [-0.25, -0.2) is 0 Å². The van der Waals surface area contributed by atoms with Crippen LogP contribution in [-0.4, -0.2) is 62.8 Å². The molecule has 1 aliphatic heterocycles. The third-order valence-corrected chi connectivity index (χ3v) is 3.71. The fourth-order valence-electron chi connectivity index (χ4n) is 2.47. The van der Waals surface area contributed by atoms with Gasteiger partial charge in [-0.05, 0) is 45.4 Å². The van der Waals surface area contributed by atoms with Gasteiger partial charge in [-0.3, -0.25) is 4.79 Å². The van der Waals surface area contributed by atoms with Crippen LogP contribution in [0, 0.1) is 0 Å². The number of amides is 1. The topological polar surface area (TPSA) is 53.6 Å². The Morgan fingerprint density at radius 2 is 2.05 bits per heavy atom. The summed E-state index contributed by atoms with van der Waals surface area (Å²) in [6.07, 6.45) is 4.09. The average molecular weight is 285 g/mol. The van der Waals surface area contributed by atoms with Gasteiger partial charge in [-0.1, -0.05) is 13.8 Å². The number of rotatable bonds is 10. The predicted octanol–water partition coefficient (Wildman–Crippen LogP) is 0.993. The highest BCUT2D eigenvalue weighted by atomic mass is 16.5. The first kappa shape index (κ1) is 17.4. The second kappa shape index (κ2) is 11.1. The van der Waals surface area contributed by atoms with Crippen LogP contribution in [0.2, 0.25) is 0 Å². The molecule has 1 heterocycles. The molecule has 0 radical (unpaired) electrons. The Labute approximate surface area is 123 Å². The standard InChI is InChI=1S/C15H31N3O2/c1-3-11-18(4-2)12-10-17-15(19)7-13-20-14-5-8-16-9-6-14/h14,16H,3-13H2,1-2H3,(H,17,19). The highest BCUT2D eigenvalue weighted by Gasteiger charge is 2.13. The minimum atomic E-state index is 0.103. The summed E-state index contributed by atoms with van der Waals surface area (Å²) in [5, 5.41) is 6.27. The third kappa shape index (κ3) is 7.82. The number of ether oxygens (including phenoxy) is 1. The minimum Gasteiger partial charge on any atom is -0.378 e. The van der Waals surface area contributed by atoms with Gasteiger partial charge in [-0.15, -0.1) is 0 Å². The van der Waals surface area contributed by atoms with E-state index >= 15 is 0 Å². The van der Waals surface area contributed by atoms with Crippen LogP contribution in [0.3, 0.4) is 0 Å². The Kier molecular flexibility index (Phi) is 9.62. The van der Waals surface area contributed by atoms with E-state index in [1.165, 1.54) is 0 Å². The van der Waals surface area contributed by atoms with E-state index in [2.05, 4.69) is 29.4 Å². The summed E-state index contributed by atoms with van der Waals surface area (Å²) >= 11 is 0. The lowest BCUT2D eigenvalue weighted by Gasteiger charge is -2.23. The van der Waals surface area contributed by atoms with Gasteiger partial charge >= 0.3 is 0 Å². The van der Waals surface area contributed by atoms with Crippen molar-refractivity contribution in [2.75, 3.05) is 45.9 Å². The number of likely N-dealkylation sites (N-methyl/N-ethyl adjacent to an activating group) is 1. The Bertz CT molecular complexity index is 243. The van der Waals surface area contributed by atoms with Crippen LogP contribution in [0.1, 0.15) is 39.5 Å². The van der Waals surface area contributed by atoms with Gasteiger partial charge in [0, 0.05) is 19.5 Å². The Morgan fingerprint density at radius 1 is 1.30 bits per heavy atom. The minimum absolute atomic E-state index is 0.103. The van der Waals surface area contributed by atoms with Crippen LogP contribution in [-0.2, 0) is 9.53 Å². The highest BCUT2D eigenvalue weighted by molar-refractivity contribution is 5.75. The second-order valence-electron chi connectivity index (χ2n) is 5.35. The molecule has 0 saturated carbocycles. The van der Waals surface area contributed by atoms with Crippen LogP contribution in [0.15, 0.2) is 0 Å². The summed E-state index contributed by atoms with van der Waals surface area (Å²) in [7, 11) is 0. The summed E-state index contributed by atoms with van der Waals surface area (Å²) in [6.45, 7) is 10.8. The van der Waals surface area contributed by atoms with Crippen molar-refractivity contribution in [1.29, 1.82) is 0 Å². The molecule has 5 heteroatoms. The molecular weight excluding hydrogens is 254 g/mol. The number of carbonyl (C=O) groups is 1. The van der Waals surface area contributed by atoms with Crippen LogP contribution >= 0.6 is 0 Å². The fraction of sp³-hybridized carbons (Fsp3) is 0.933. The second-order valence-corrected chi connectivity index (χ2v) is 5.35. The first-order valence-electron chi connectivity index (χ1n) is 8.07. The molecule has 1 fully saturated rings. The van der Waals surface area contributed by atoms with Gasteiger partial charge in [0.05, 0.1) is 12.7 Å². The van der Waals surface area contributed by atoms with Crippen molar-refractivity contribution in [2.24, 2.45) is 0 Å². The largest absolute Gasteiger partial charge is 0.378 e. The maximum atomic E-state index is 11.7. The zero-order valence-corrected chi connectivity index (χ0v) is 13.1. The molecule has 0 unspecified atom stereocenters. The molecule has 0 aromatic carbocycles. The number of piperidine rings is 1. The summed E-state index contributed by atoms with van der Waals surface area (Å²) < 4.78 is 5.73. The van der Waals surface area contributed by atoms with E-state index in [4.69, 9.17) is 4.74 Å². The molecular formula is C15H31N3O2. The zero-order valence-electron chi connectivity index (χ0n) is 13.1. The first-order valence-corrected chi connectivity index (χ1v) is 8.07. The molecule has 1 aliphatic rings. The van der Waals surface area contributed by atoms with Crippen LogP contribution in [0.4, 0.5) is 0 Å². The maximum absolute atomic E-state index is 11.7. The molecule has 20 heavy (non-hydrogen) atoms. The smallest absolute Gasteiger partial charge is 0.222 e. The SMILES string of the molecule is CCCN(CC)CCNC(=O)CCOC1CCNCC1. The number of nitrogens with one attached hydrogen (secondary N) is 2. The van der Waals surface area contributed by atoms with Gasteiger partial charge < -0.3 is 20.3 Å². The van der Waals surface area contributed by atoms with Crippen molar-refractivity contribution in [2.45, 2.75) is 45.6 Å². The van der Waals surface area contributed by atoms with Gasteiger partial charge in [0.25, 0.3) is 0 Å². The van der Waals surface area contributed by atoms with Gasteiger partial charge in [0.15, 0.2) is 0 Å². The lowest BCUT2D eigenvalue weighted by Crippen LogP contribution is -2.36. The van der Waals surface area contributed by atoms with Gasteiger partial charge in [0.2, 0.25) is 5.91 Å². The molecule has 5 nitrogen and oxygen atoms in total. The quantitative estimate of drug-likeness (QED) is 0.628. The summed E-state index contributed by atoms with van der Waals surface area (Å²) in [6, 6.07) is 0. The van der Waals surface area contributed by atoms with Crippen molar-refractivity contribution in [3.05, 3.63) is 0 Å². The van der Waals surface area contributed by atoms with Crippen LogP contribution < -0.4 is 10.6 Å². The molecule has 0 aliphatic carbocycles. The summed E-state index contributed by atoms with van der Waals surface area (Å²) in [4.78, 5) is 14.0. The summed E-state index contributed by atoms with van der Waals surface area (Å²) in [5.41, 5.74) is 0. The average Bonchev–Trinajstić information content (AvgIpc) is 2.47. The molecule has 0 atom stereocenters. The molecule has 2 N–H and O–H groups in total. The van der Waals surface area contributed by atoms with E-state index in [1.807, 2.05) is 0 Å². The predicted molar refractivity (Wildman–Crippen MR) is 81.9 cm³/mol. The molecule has 0 aromatic rings. The molecule has 0 spiro atoms. The molecule has 1 saturated heterocycles. The maximum Gasteiger partial charge on any atom is 0.222 e. The van der Waals surface area contributed by atoms with Crippen LogP contribution in [0.25, 0.3) is 0 Å². The van der Waals surface area contributed by atoms with Crippen molar-refractivity contribution >= 4 is 5.91 Å². The van der Waals surface area contributed by atoms with E-state index < -0.39 is 0 Å². The van der Waals surface area contributed by atoms with E-state index in [9.17, 15) is 4.79 Å². The normalized spacial score (nSPS) is 16.6. The lowest BCUT2D eigenvalue weighted by molar-refractivity contribution is -0.122. The van der Waals surface area contributed by atoms with E-state index in [0.717, 1.165) is 58.5 Å². The monoisotopic (exact) mass is 285 g/mol. The molecule has 1 amide bonds. The Morgan fingerprint density at radius 3 is 2.70 bits per heavy atom. The fourth-order valence-corrected chi connectivity index (χ4v) is 2.47. The molecule has 0 bridgehead atoms. The summed E-state index contributed by atoms with van der Waals surface area (Å²) in [5.74, 6) is 0.103. The Balaban J connectivity index is 1.99. The van der Waals surface area contributed by atoms with Crippen molar-refractivity contribution in [3.63, 3.8) is 0 Å². The number of hydrogen-bond donors (Lipinski definition) is 2. The number of carbonyl (C=O) groups excluding carboxylic acids is 1. The molecule has 1 rings (SSSR count). The van der Waals surface area contributed by atoms with Crippen molar-refractivity contribution in [1.82, 2.24) is 15.5 Å². The third-order valence-electron chi connectivity index (χ3n) is 3.71. The number of nitrogens with zero attached hydrogens (tertiary/aromatic N) is 1. The first-order chi connectivity index (χ1) is 9.76. The van der Waals surface area contributed by atoms with Gasteiger partial charge in [0.1, 0.15) is 0 Å². The molecule has 118 valence electrons. The van der Waals surface area contributed by atoms with E-state index in [1.54, 1.807) is 0 Å². The highest BCUT2D eigenvalue weighted by Crippen LogP contribution is 2.07. The van der Waals surface area contributed by atoms with Crippen LogP contribution in [0.5, 0.6) is 0 Å². The zero-order chi connectivity index (χ0) is 14.6. The van der Waals surface area contributed by atoms with E-state index in [-0.39, 0.29) is 5.91 Å². The Hall–Kier alpha value is -0.650. The van der Waals surface area contributed by atoms with E-state index in [0.29, 0.717) is 19.1 Å². The van der Waals surface area contributed by atoms with Gasteiger partial charge in [-0.2, -0.15) is 0 Å². The van der Waals surface area contributed by atoms with Crippen molar-refractivity contribution < 1.29 is 9.53 Å². The number of hydrogen-bond acceptors (Lipinski definition) is 4. The van der Waals surface area contributed by atoms with Crippen molar-refractivity contribution in [3.8, 4) is 0 Å². The lowest BCUT2D eigenvalue weighted by atomic mass is 10.1. The molecule has 0 aromatic heterocycles.